The van der Waals surface area contributed by atoms with E-state index in [4.69, 9.17) is 16.3 Å². The Hall–Kier alpha value is -1.80. The zero-order valence-electron chi connectivity index (χ0n) is 14.6. The summed E-state index contributed by atoms with van der Waals surface area (Å²) in [5, 5.41) is 9.96. The number of phenols is 1. The van der Waals surface area contributed by atoms with Gasteiger partial charge in [-0.1, -0.05) is 18.5 Å². The molecule has 0 aromatic heterocycles. The summed E-state index contributed by atoms with van der Waals surface area (Å²) < 4.78 is 28.5. The second kappa shape index (κ2) is 8.26. The molecule has 0 bridgehead atoms. The van der Waals surface area contributed by atoms with Gasteiger partial charge in [0.25, 0.3) is 5.91 Å². The Labute approximate surface area is 157 Å². The maximum absolute atomic E-state index is 12.6. The lowest BCUT2D eigenvalue weighted by Gasteiger charge is -2.33. The van der Waals surface area contributed by atoms with Crippen LogP contribution >= 0.6 is 11.6 Å². The molecule has 1 aliphatic heterocycles. The average Bonchev–Trinajstić information content (AvgIpc) is 2.94. The van der Waals surface area contributed by atoms with Gasteiger partial charge in [-0.2, -0.15) is 0 Å². The van der Waals surface area contributed by atoms with E-state index in [0.717, 1.165) is 0 Å². The van der Waals surface area contributed by atoms with E-state index in [1.807, 2.05) is 13.8 Å². The first-order valence-electron chi connectivity index (χ1n) is 8.32. The first-order chi connectivity index (χ1) is 12.1. The molecule has 1 fully saturated rings. The van der Waals surface area contributed by atoms with Gasteiger partial charge in [0.15, 0.2) is 16.4 Å². The number of benzene rings is 1. The molecule has 0 saturated carbocycles. The van der Waals surface area contributed by atoms with Crippen LogP contribution < -0.4 is 0 Å². The summed E-state index contributed by atoms with van der Waals surface area (Å²) in [5.41, 5.74) is -0.135. The highest BCUT2D eigenvalue weighted by atomic mass is 35.5. The molecule has 9 heteroatoms. The normalized spacial score (nSPS) is 19.7. The number of hydrogen-bond acceptors (Lipinski definition) is 6. The third kappa shape index (κ3) is 4.88. The number of phenolic OH excluding ortho intramolecular Hbond substituents is 1. The van der Waals surface area contributed by atoms with E-state index in [2.05, 4.69) is 0 Å². The number of sulfone groups is 1. The van der Waals surface area contributed by atoms with E-state index in [-0.39, 0.29) is 33.9 Å². The smallest absolute Gasteiger partial charge is 0.342 e. The number of carbonyl (C=O) groups is 2. The molecule has 7 nitrogen and oxygen atoms in total. The van der Waals surface area contributed by atoms with E-state index >= 15 is 0 Å². The van der Waals surface area contributed by atoms with Gasteiger partial charge >= 0.3 is 5.97 Å². The molecule has 1 amide bonds. The fourth-order valence-corrected chi connectivity index (χ4v) is 4.84. The van der Waals surface area contributed by atoms with Crippen molar-refractivity contribution in [3.8, 4) is 5.75 Å². The van der Waals surface area contributed by atoms with Crippen LogP contribution in [0.3, 0.4) is 0 Å². The summed E-state index contributed by atoms with van der Waals surface area (Å²) in [6, 6.07) is 3.33. The van der Waals surface area contributed by atoms with Gasteiger partial charge in [0.1, 0.15) is 11.3 Å². The SMILES string of the molecule is CC[C@@H](C)N(C(=O)COC(=O)c1cc(Cl)ccc1O)[C@H]1CCS(=O)(=O)C1. The number of esters is 1. The van der Waals surface area contributed by atoms with Gasteiger partial charge in [0.2, 0.25) is 0 Å². The highest BCUT2D eigenvalue weighted by Gasteiger charge is 2.36. The van der Waals surface area contributed by atoms with Gasteiger partial charge in [0, 0.05) is 17.1 Å². The van der Waals surface area contributed by atoms with E-state index in [1.165, 1.54) is 23.1 Å². The van der Waals surface area contributed by atoms with Gasteiger partial charge in [-0.3, -0.25) is 4.79 Å². The Kier molecular flexibility index (Phi) is 6.52. The van der Waals surface area contributed by atoms with Crippen molar-refractivity contribution in [3.63, 3.8) is 0 Å². The number of halogens is 1. The summed E-state index contributed by atoms with van der Waals surface area (Å²) in [4.78, 5) is 26.2. The molecule has 0 aliphatic carbocycles. The summed E-state index contributed by atoms with van der Waals surface area (Å²) in [6.45, 7) is 3.18. The topological polar surface area (TPSA) is 101 Å². The molecule has 1 heterocycles. The van der Waals surface area contributed by atoms with Gasteiger partial charge in [-0.05, 0) is 38.0 Å². The summed E-state index contributed by atoms with van der Waals surface area (Å²) in [6.07, 6.45) is 1.02. The maximum atomic E-state index is 12.6. The lowest BCUT2D eigenvalue weighted by molar-refractivity contribution is -0.138. The number of hydrogen-bond donors (Lipinski definition) is 1. The van der Waals surface area contributed by atoms with E-state index in [9.17, 15) is 23.1 Å². The minimum atomic E-state index is -3.15. The molecule has 144 valence electrons. The van der Waals surface area contributed by atoms with Crippen LogP contribution in [0.25, 0.3) is 0 Å². The van der Waals surface area contributed by atoms with Gasteiger partial charge in [-0.15, -0.1) is 0 Å². The lowest BCUT2D eigenvalue weighted by Crippen LogP contribution is -2.48. The van der Waals surface area contributed by atoms with Crippen LogP contribution in [0.1, 0.15) is 37.0 Å². The average molecular weight is 404 g/mol. The second-order valence-electron chi connectivity index (χ2n) is 6.35. The van der Waals surface area contributed by atoms with E-state index in [0.29, 0.717) is 12.8 Å². The minimum absolute atomic E-state index is 0.0497. The lowest BCUT2D eigenvalue weighted by atomic mass is 10.1. The standard InChI is InChI=1S/C17H22ClNO6S/c1-3-11(2)19(13-6-7-26(23,24)10-13)16(21)9-25-17(22)14-8-12(18)4-5-15(14)20/h4-5,8,11,13,20H,3,6-7,9-10H2,1-2H3/t11-,13+/m1/s1. The first kappa shape index (κ1) is 20.5. The Morgan fingerprint density at radius 1 is 1.42 bits per heavy atom. The number of rotatable bonds is 6. The second-order valence-corrected chi connectivity index (χ2v) is 9.02. The van der Waals surface area contributed by atoms with Crippen molar-refractivity contribution in [2.45, 2.75) is 38.8 Å². The number of ether oxygens (including phenoxy) is 1. The fraction of sp³-hybridized carbons (Fsp3) is 0.529. The van der Waals surface area contributed by atoms with E-state index in [1.54, 1.807) is 0 Å². The van der Waals surface area contributed by atoms with Crippen LogP contribution in [0.15, 0.2) is 18.2 Å². The third-order valence-corrected chi connectivity index (χ3v) is 6.45. The molecule has 1 N–H and O–H groups in total. The Morgan fingerprint density at radius 3 is 2.69 bits per heavy atom. The van der Waals surface area contributed by atoms with Crippen LogP contribution in [-0.4, -0.2) is 60.5 Å². The van der Waals surface area contributed by atoms with Crippen molar-refractivity contribution in [1.82, 2.24) is 4.90 Å². The predicted octanol–water partition coefficient (Wildman–Crippen LogP) is 2.02. The summed E-state index contributed by atoms with van der Waals surface area (Å²) in [5.74, 6) is -1.66. The first-order valence-corrected chi connectivity index (χ1v) is 10.5. The van der Waals surface area contributed by atoms with Crippen molar-refractivity contribution < 1.29 is 27.9 Å². The van der Waals surface area contributed by atoms with Crippen LogP contribution in [-0.2, 0) is 19.4 Å². The van der Waals surface area contributed by atoms with Gasteiger partial charge in [-0.25, -0.2) is 13.2 Å². The quantitative estimate of drug-likeness (QED) is 0.729. The number of aromatic hydroxyl groups is 1. The molecule has 26 heavy (non-hydrogen) atoms. The zero-order valence-corrected chi connectivity index (χ0v) is 16.2. The third-order valence-electron chi connectivity index (χ3n) is 4.46. The summed E-state index contributed by atoms with van der Waals surface area (Å²) in [7, 11) is -3.15. The van der Waals surface area contributed by atoms with Crippen molar-refractivity contribution in [2.24, 2.45) is 0 Å². The molecule has 0 spiro atoms. The predicted molar refractivity (Wildman–Crippen MR) is 97.1 cm³/mol. The molecule has 1 aliphatic rings. The highest BCUT2D eigenvalue weighted by molar-refractivity contribution is 7.91. The van der Waals surface area contributed by atoms with Crippen LogP contribution in [0.4, 0.5) is 0 Å². The number of nitrogens with zero attached hydrogens (tertiary/aromatic N) is 1. The van der Waals surface area contributed by atoms with Crippen molar-refractivity contribution in [3.05, 3.63) is 28.8 Å². The summed E-state index contributed by atoms with van der Waals surface area (Å²) >= 11 is 5.80. The molecule has 0 radical (unpaired) electrons. The monoisotopic (exact) mass is 403 g/mol. The van der Waals surface area contributed by atoms with Crippen molar-refractivity contribution in [1.29, 1.82) is 0 Å². The molecule has 1 aromatic carbocycles. The van der Waals surface area contributed by atoms with Crippen LogP contribution in [0.5, 0.6) is 5.75 Å². The molecular formula is C17H22ClNO6S. The minimum Gasteiger partial charge on any atom is -0.507 e. The van der Waals surface area contributed by atoms with Gasteiger partial charge < -0.3 is 14.7 Å². The molecule has 1 aromatic rings. The molecule has 1 saturated heterocycles. The van der Waals surface area contributed by atoms with Crippen LogP contribution in [0.2, 0.25) is 5.02 Å². The number of carbonyl (C=O) groups excluding carboxylic acids is 2. The number of amides is 1. The van der Waals surface area contributed by atoms with E-state index < -0.39 is 34.4 Å². The Bertz CT molecular complexity index is 794. The molecule has 2 rings (SSSR count). The fourth-order valence-electron chi connectivity index (χ4n) is 2.95. The van der Waals surface area contributed by atoms with Crippen molar-refractivity contribution in [2.75, 3.05) is 18.1 Å². The highest BCUT2D eigenvalue weighted by Crippen LogP contribution is 2.23. The Balaban J connectivity index is 2.07. The largest absolute Gasteiger partial charge is 0.507 e. The van der Waals surface area contributed by atoms with Gasteiger partial charge in [0.05, 0.1) is 11.5 Å². The van der Waals surface area contributed by atoms with Crippen molar-refractivity contribution >= 4 is 33.3 Å². The molecular weight excluding hydrogens is 382 g/mol. The Morgan fingerprint density at radius 2 is 2.12 bits per heavy atom. The van der Waals surface area contributed by atoms with Crippen LogP contribution in [0, 0.1) is 0 Å². The zero-order chi connectivity index (χ0) is 19.5. The molecule has 2 atom stereocenters. The maximum Gasteiger partial charge on any atom is 0.342 e. The molecule has 0 unspecified atom stereocenters.